The third-order valence-corrected chi connectivity index (χ3v) is 3.19. The van der Waals surface area contributed by atoms with E-state index in [2.05, 4.69) is 4.98 Å². The number of hydrogen-bond acceptors (Lipinski definition) is 6. The Hall–Kier alpha value is -3.28. The van der Waals surface area contributed by atoms with E-state index in [0.29, 0.717) is 16.9 Å². The predicted molar refractivity (Wildman–Crippen MR) is 90.9 cm³/mol. The molecule has 6 nitrogen and oxygen atoms in total. The zero-order valence-electron chi connectivity index (χ0n) is 13.9. The lowest BCUT2D eigenvalue weighted by molar-refractivity contribution is -0.139. The van der Waals surface area contributed by atoms with Gasteiger partial charge in [0.25, 0.3) is 0 Å². The molecule has 0 aliphatic carbocycles. The van der Waals surface area contributed by atoms with Gasteiger partial charge in [0.1, 0.15) is 11.3 Å². The molecule has 0 amide bonds. The molecule has 0 spiro atoms. The number of nitrogens with zero attached hydrogens (tertiary/aromatic N) is 1. The SMILES string of the molecule is CCOC(=O)C(=Cc1ccc(OC(=O)c2ccncc2)cc1)C(C)=O. The van der Waals surface area contributed by atoms with E-state index >= 15 is 0 Å². The maximum Gasteiger partial charge on any atom is 0.343 e. The van der Waals surface area contributed by atoms with E-state index in [1.54, 1.807) is 43.3 Å². The average Bonchev–Trinajstić information content (AvgIpc) is 2.61. The highest BCUT2D eigenvalue weighted by Gasteiger charge is 2.15. The highest BCUT2D eigenvalue weighted by Crippen LogP contribution is 2.17. The first-order valence-electron chi connectivity index (χ1n) is 7.63. The van der Waals surface area contributed by atoms with Gasteiger partial charge in [-0.2, -0.15) is 0 Å². The fourth-order valence-electron chi connectivity index (χ4n) is 1.97. The molecule has 0 saturated heterocycles. The maximum atomic E-state index is 12.0. The van der Waals surface area contributed by atoms with Crippen LogP contribution in [0.2, 0.25) is 0 Å². The topological polar surface area (TPSA) is 82.6 Å². The second-order valence-electron chi connectivity index (χ2n) is 5.03. The number of Topliss-reactive ketones (excluding diaryl/α,β-unsaturated/α-hetero) is 1. The number of ether oxygens (including phenoxy) is 2. The van der Waals surface area contributed by atoms with Gasteiger partial charge < -0.3 is 9.47 Å². The van der Waals surface area contributed by atoms with Gasteiger partial charge in [-0.05, 0) is 49.8 Å². The number of benzene rings is 1. The Morgan fingerprint density at radius 3 is 2.24 bits per heavy atom. The summed E-state index contributed by atoms with van der Waals surface area (Å²) in [6.07, 6.45) is 4.45. The Morgan fingerprint density at radius 1 is 1.04 bits per heavy atom. The molecular weight excluding hydrogens is 322 g/mol. The molecule has 6 heteroatoms. The standard InChI is InChI=1S/C19H17NO5/c1-3-24-19(23)17(13(2)21)12-14-4-6-16(7-5-14)25-18(22)15-8-10-20-11-9-15/h4-12H,3H2,1-2H3. The minimum absolute atomic E-state index is 0.0385. The number of hydrogen-bond donors (Lipinski definition) is 0. The molecule has 0 aliphatic rings. The highest BCUT2D eigenvalue weighted by atomic mass is 16.5. The van der Waals surface area contributed by atoms with E-state index in [4.69, 9.17) is 9.47 Å². The molecule has 2 rings (SSSR count). The first kappa shape index (κ1) is 18.1. The Labute approximate surface area is 145 Å². The minimum Gasteiger partial charge on any atom is -0.462 e. The van der Waals surface area contributed by atoms with Crippen LogP contribution in [0.3, 0.4) is 0 Å². The monoisotopic (exact) mass is 339 g/mol. The molecule has 1 heterocycles. The molecule has 0 atom stereocenters. The summed E-state index contributed by atoms with van der Waals surface area (Å²) in [6, 6.07) is 9.53. The van der Waals surface area contributed by atoms with Crippen molar-refractivity contribution in [3.05, 3.63) is 65.5 Å². The summed E-state index contributed by atoms with van der Waals surface area (Å²) >= 11 is 0. The first-order valence-corrected chi connectivity index (χ1v) is 7.63. The highest BCUT2D eigenvalue weighted by molar-refractivity contribution is 6.19. The van der Waals surface area contributed by atoms with E-state index in [9.17, 15) is 14.4 Å². The van der Waals surface area contributed by atoms with Gasteiger partial charge in [-0.1, -0.05) is 12.1 Å². The molecule has 0 N–H and O–H groups in total. The molecule has 2 aromatic rings. The van der Waals surface area contributed by atoms with E-state index in [1.165, 1.54) is 25.4 Å². The van der Waals surface area contributed by atoms with E-state index in [1.807, 2.05) is 0 Å². The largest absolute Gasteiger partial charge is 0.462 e. The number of ketones is 1. The Kier molecular flexibility index (Phi) is 6.17. The Balaban J connectivity index is 2.13. The van der Waals surface area contributed by atoms with Crippen molar-refractivity contribution in [2.24, 2.45) is 0 Å². The zero-order valence-corrected chi connectivity index (χ0v) is 13.9. The molecule has 0 radical (unpaired) electrons. The molecule has 25 heavy (non-hydrogen) atoms. The van der Waals surface area contributed by atoms with E-state index < -0.39 is 11.9 Å². The van der Waals surface area contributed by atoms with Crippen molar-refractivity contribution in [2.75, 3.05) is 6.61 Å². The smallest absolute Gasteiger partial charge is 0.343 e. The number of aromatic nitrogens is 1. The van der Waals surface area contributed by atoms with Crippen molar-refractivity contribution in [3.63, 3.8) is 0 Å². The van der Waals surface area contributed by atoms with Crippen LogP contribution in [0.25, 0.3) is 6.08 Å². The van der Waals surface area contributed by atoms with Crippen molar-refractivity contribution in [1.82, 2.24) is 4.98 Å². The number of pyridine rings is 1. The number of esters is 2. The van der Waals surface area contributed by atoms with Crippen LogP contribution in [-0.2, 0) is 14.3 Å². The first-order chi connectivity index (χ1) is 12.0. The van der Waals surface area contributed by atoms with Crippen LogP contribution in [0.1, 0.15) is 29.8 Å². The van der Waals surface area contributed by atoms with Crippen molar-refractivity contribution in [3.8, 4) is 5.75 Å². The summed E-state index contributed by atoms with van der Waals surface area (Å²) < 4.78 is 10.1. The van der Waals surface area contributed by atoms with Gasteiger partial charge in [0.2, 0.25) is 0 Å². The second kappa shape index (κ2) is 8.54. The predicted octanol–water partition coefficient (Wildman–Crippen LogP) is 2.84. The molecule has 1 aromatic heterocycles. The lowest BCUT2D eigenvalue weighted by Gasteiger charge is -2.06. The van der Waals surface area contributed by atoms with Crippen LogP contribution in [-0.4, -0.2) is 29.3 Å². The summed E-state index contributed by atoms with van der Waals surface area (Å²) in [4.78, 5) is 39.2. The lowest BCUT2D eigenvalue weighted by Crippen LogP contribution is -2.13. The average molecular weight is 339 g/mol. The van der Waals surface area contributed by atoms with Gasteiger partial charge in [-0.25, -0.2) is 9.59 Å². The minimum atomic E-state index is -0.664. The van der Waals surface area contributed by atoms with Crippen LogP contribution in [0, 0.1) is 0 Å². The molecule has 0 aliphatic heterocycles. The van der Waals surface area contributed by atoms with Gasteiger partial charge in [-0.3, -0.25) is 9.78 Å². The van der Waals surface area contributed by atoms with Gasteiger partial charge >= 0.3 is 11.9 Å². The van der Waals surface area contributed by atoms with E-state index in [-0.39, 0.29) is 18.0 Å². The molecule has 0 unspecified atom stereocenters. The summed E-state index contributed by atoms with van der Waals surface area (Å²) in [5.41, 5.74) is 0.963. The van der Waals surface area contributed by atoms with Gasteiger partial charge in [-0.15, -0.1) is 0 Å². The molecule has 0 fully saturated rings. The molecular formula is C19H17NO5. The third-order valence-electron chi connectivity index (χ3n) is 3.19. The van der Waals surface area contributed by atoms with Crippen molar-refractivity contribution < 1.29 is 23.9 Å². The number of rotatable bonds is 6. The normalized spacial score (nSPS) is 10.9. The van der Waals surface area contributed by atoms with Crippen LogP contribution in [0.15, 0.2) is 54.4 Å². The maximum absolute atomic E-state index is 12.0. The fourth-order valence-corrected chi connectivity index (χ4v) is 1.97. The molecule has 0 saturated carbocycles. The van der Waals surface area contributed by atoms with Gasteiger partial charge in [0.15, 0.2) is 5.78 Å². The number of carbonyl (C=O) groups excluding carboxylic acids is 3. The van der Waals surface area contributed by atoms with Crippen LogP contribution < -0.4 is 4.74 Å². The van der Waals surface area contributed by atoms with Crippen LogP contribution >= 0.6 is 0 Å². The van der Waals surface area contributed by atoms with Crippen molar-refractivity contribution >= 4 is 23.8 Å². The second-order valence-corrected chi connectivity index (χ2v) is 5.03. The summed E-state index contributed by atoms with van der Waals surface area (Å²) in [5, 5.41) is 0. The molecule has 128 valence electrons. The molecule has 0 bridgehead atoms. The quantitative estimate of drug-likeness (QED) is 0.265. The number of carbonyl (C=O) groups is 3. The lowest BCUT2D eigenvalue weighted by atomic mass is 10.1. The van der Waals surface area contributed by atoms with Crippen LogP contribution in [0.5, 0.6) is 5.75 Å². The summed E-state index contributed by atoms with van der Waals surface area (Å²) in [6.45, 7) is 3.16. The van der Waals surface area contributed by atoms with Gasteiger partial charge in [0, 0.05) is 12.4 Å². The van der Waals surface area contributed by atoms with Crippen molar-refractivity contribution in [2.45, 2.75) is 13.8 Å². The Morgan fingerprint density at radius 2 is 1.68 bits per heavy atom. The van der Waals surface area contributed by atoms with Gasteiger partial charge in [0.05, 0.1) is 12.2 Å². The molecule has 1 aromatic carbocycles. The Bertz CT molecular complexity index is 794. The van der Waals surface area contributed by atoms with Crippen molar-refractivity contribution in [1.29, 1.82) is 0 Å². The summed E-state index contributed by atoms with van der Waals surface area (Å²) in [7, 11) is 0. The van der Waals surface area contributed by atoms with Crippen LogP contribution in [0.4, 0.5) is 0 Å². The fraction of sp³-hybridized carbons (Fsp3) is 0.158. The van der Waals surface area contributed by atoms with E-state index in [0.717, 1.165) is 0 Å². The summed E-state index contributed by atoms with van der Waals surface area (Å²) in [5.74, 6) is -1.20. The zero-order chi connectivity index (χ0) is 18.2. The third kappa shape index (κ3) is 5.10.